The highest BCUT2D eigenvalue weighted by molar-refractivity contribution is 5.76. The summed E-state index contributed by atoms with van der Waals surface area (Å²) >= 11 is 0. The summed E-state index contributed by atoms with van der Waals surface area (Å²) in [6.07, 6.45) is 2.02. The zero-order valence-electron chi connectivity index (χ0n) is 11.9. The number of aryl methyl sites for hydroxylation is 3. The molecule has 0 amide bonds. The molecule has 3 aromatic rings. The molecule has 0 atom stereocenters. The summed E-state index contributed by atoms with van der Waals surface area (Å²) in [5.74, 6) is 0.826. The van der Waals surface area contributed by atoms with Gasteiger partial charge < -0.3 is 5.32 Å². The highest BCUT2D eigenvalue weighted by Crippen LogP contribution is 2.17. The van der Waals surface area contributed by atoms with E-state index in [2.05, 4.69) is 20.4 Å². The minimum atomic E-state index is 0.702. The number of nitrogens with zero attached hydrogens (tertiary/aromatic N) is 4. The Morgan fingerprint density at radius 1 is 1.05 bits per heavy atom. The number of hydrogen-bond acceptors (Lipinski definition) is 4. The number of nitrogens with one attached hydrogen (secondary N) is 1. The van der Waals surface area contributed by atoms with Gasteiger partial charge in [-0.15, -0.1) is 0 Å². The third-order valence-electron chi connectivity index (χ3n) is 3.31. The van der Waals surface area contributed by atoms with Gasteiger partial charge in [-0.2, -0.15) is 5.10 Å². The molecule has 0 bridgehead atoms. The molecule has 0 unspecified atom stereocenters. The Morgan fingerprint density at radius 2 is 1.75 bits per heavy atom. The highest BCUT2D eigenvalue weighted by Gasteiger charge is 2.07. The lowest BCUT2D eigenvalue weighted by Gasteiger charge is -2.08. The van der Waals surface area contributed by atoms with Crippen LogP contribution in [0.4, 0.5) is 5.82 Å². The number of hydrogen-bond donors (Lipinski definition) is 1. The minimum Gasteiger partial charge on any atom is -0.364 e. The third-order valence-corrected chi connectivity index (χ3v) is 3.31. The van der Waals surface area contributed by atoms with E-state index in [-0.39, 0.29) is 0 Å². The Kier molecular flexibility index (Phi) is 3.10. The number of anilines is 1. The van der Waals surface area contributed by atoms with Gasteiger partial charge in [0.05, 0.1) is 22.4 Å². The maximum absolute atomic E-state index is 4.63. The predicted octanol–water partition coefficient (Wildman–Crippen LogP) is 2.59. The molecule has 0 fully saturated rings. The van der Waals surface area contributed by atoms with Crippen LogP contribution < -0.4 is 5.32 Å². The summed E-state index contributed by atoms with van der Waals surface area (Å²) in [6.45, 7) is 4.68. The van der Waals surface area contributed by atoms with Gasteiger partial charge in [0, 0.05) is 25.4 Å². The van der Waals surface area contributed by atoms with E-state index in [4.69, 9.17) is 0 Å². The van der Waals surface area contributed by atoms with E-state index in [1.54, 1.807) is 0 Å². The highest BCUT2D eigenvalue weighted by atomic mass is 15.3. The first kappa shape index (κ1) is 12.6. The number of benzene rings is 1. The van der Waals surface area contributed by atoms with Crippen molar-refractivity contribution >= 4 is 16.9 Å². The summed E-state index contributed by atoms with van der Waals surface area (Å²) in [7, 11) is 1.93. The van der Waals surface area contributed by atoms with E-state index in [1.165, 1.54) is 5.56 Å². The van der Waals surface area contributed by atoms with Gasteiger partial charge in [-0.25, -0.2) is 9.97 Å². The molecule has 0 aliphatic carbocycles. The molecule has 0 radical (unpaired) electrons. The van der Waals surface area contributed by atoms with Crippen molar-refractivity contribution in [2.45, 2.75) is 20.4 Å². The fraction of sp³-hybridized carbons (Fsp3) is 0.267. The van der Waals surface area contributed by atoms with Gasteiger partial charge in [0.25, 0.3) is 0 Å². The first-order chi connectivity index (χ1) is 9.63. The molecule has 102 valence electrons. The molecule has 0 spiro atoms. The third kappa shape index (κ3) is 2.34. The first-order valence-corrected chi connectivity index (χ1v) is 6.60. The number of rotatable bonds is 3. The largest absolute Gasteiger partial charge is 0.364 e. The second-order valence-electron chi connectivity index (χ2n) is 4.91. The van der Waals surface area contributed by atoms with Crippen molar-refractivity contribution in [3.05, 3.63) is 47.4 Å². The molecule has 20 heavy (non-hydrogen) atoms. The van der Waals surface area contributed by atoms with Crippen molar-refractivity contribution in [2.75, 3.05) is 5.32 Å². The number of fused-ring (bicyclic) bond motifs is 1. The summed E-state index contributed by atoms with van der Waals surface area (Å²) in [5.41, 5.74) is 4.94. The molecule has 2 aromatic heterocycles. The molecule has 0 saturated carbocycles. The molecule has 1 N–H and O–H groups in total. The lowest BCUT2D eigenvalue weighted by Crippen LogP contribution is -2.05. The topological polar surface area (TPSA) is 55.6 Å². The molecule has 1 aromatic carbocycles. The molecule has 0 saturated heterocycles. The van der Waals surface area contributed by atoms with Gasteiger partial charge in [-0.05, 0) is 26.0 Å². The average Bonchev–Trinajstić information content (AvgIpc) is 2.74. The van der Waals surface area contributed by atoms with Crippen molar-refractivity contribution in [1.29, 1.82) is 0 Å². The van der Waals surface area contributed by atoms with Gasteiger partial charge in [0.2, 0.25) is 0 Å². The summed E-state index contributed by atoms with van der Waals surface area (Å²) in [4.78, 5) is 9.20. The Balaban J connectivity index is 1.87. The van der Waals surface area contributed by atoms with E-state index in [1.807, 2.05) is 56.0 Å². The van der Waals surface area contributed by atoms with Gasteiger partial charge in [-0.3, -0.25) is 4.68 Å². The Morgan fingerprint density at radius 3 is 2.40 bits per heavy atom. The SMILES string of the molecule is Cc1nn(C)cc1CNc1nc2ccccc2nc1C. The van der Waals surface area contributed by atoms with Crippen LogP contribution in [0.25, 0.3) is 11.0 Å². The zero-order valence-corrected chi connectivity index (χ0v) is 11.9. The fourth-order valence-corrected chi connectivity index (χ4v) is 2.26. The second kappa shape index (κ2) is 4.92. The summed E-state index contributed by atoms with van der Waals surface area (Å²) in [6, 6.07) is 7.90. The fourth-order valence-electron chi connectivity index (χ4n) is 2.26. The maximum Gasteiger partial charge on any atom is 0.148 e. The number of para-hydroxylation sites is 2. The molecule has 5 nitrogen and oxygen atoms in total. The Hall–Kier alpha value is -2.43. The monoisotopic (exact) mass is 267 g/mol. The lowest BCUT2D eigenvalue weighted by molar-refractivity contribution is 0.756. The number of aromatic nitrogens is 4. The maximum atomic E-state index is 4.63. The molecule has 0 aliphatic rings. The van der Waals surface area contributed by atoms with Crippen molar-refractivity contribution in [3.8, 4) is 0 Å². The summed E-state index contributed by atoms with van der Waals surface area (Å²) in [5, 5.41) is 7.68. The van der Waals surface area contributed by atoms with Crippen molar-refractivity contribution in [1.82, 2.24) is 19.7 Å². The van der Waals surface area contributed by atoms with Crippen LogP contribution in [0.1, 0.15) is 17.0 Å². The van der Waals surface area contributed by atoms with Crippen LogP contribution >= 0.6 is 0 Å². The molecular formula is C15H17N5. The Bertz CT molecular complexity index is 760. The van der Waals surface area contributed by atoms with Gasteiger partial charge in [-0.1, -0.05) is 12.1 Å². The molecular weight excluding hydrogens is 250 g/mol. The van der Waals surface area contributed by atoms with Crippen LogP contribution in [0.2, 0.25) is 0 Å². The van der Waals surface area contributed by atoms with Crippen molar-refractivity contribution < 1.29 is 0 Å². The lowest BCUT2D eigenvalue weighted by atomic mass is 10.2. The Labute approximate surface area is 117 Å². The predicted molar refractivity (Wildman–Crippen MR) is 79.5 cm³/mol. The summed E-state index contributed by atoms with van der Waals surface area (Å²) < 4.78 is 1.82. The smallest absolute Gasteiger partial charge is 0.148 e. The zero-order chi connectivity index (χ0) is 14.1. The van der Waals surface area contributed by atoms with Crippen LogP contribution in [-0.4, -0.2) is 19.7 Å². The van der Waals surface area contributed by atoms with E-state index in [0.29, 0.717) is 6.54 Å². The van der Waals surface area contributed by atoms with Crippen molar-refractivity contribution in [2.24, 2.45) is 7.05 Å². The molecule has 3 rings (SSSR count). The van der Waals surface area contributed by atoms with Gasteiger partial charge >= 0.3 is 0 Å². The van der Waals surface area contributed by atoms with Crippen LogP contribution in [0.5, 0.6) is 0 Å². The molecule has 0 aliphatic heterocycles. The standard InChI is InChI=1S/C15H17N5/c1-10-12(9-20(3)19-10)8-16-15-11(2)17-13-6-4-5-7-14(13)18-15/h4-7,9H,8H2,1-3H3,(H,16,18). The molecule has 5 heteroatoms. The van der Waals surface area contributed by atoms with Gasteiger partial charge in [0.1, 0.15) is 5.82 Å². The van der Waals surface area contributed by atoms with E-state index >= 15 is 0 Å². The van der Waals surface area contributed by atoms with Gasteiger partial charge in [0.15, 0.2) is 0 Å². The van der Waals surface area contributed by atoms with Crippen molar-refractivity contribution in [3.63, 3.8) is 0 Å². The molecule has 2 heterocycles. The minimum absolute atomic E-state index is 0.702. The van der Waals surface area contributed by atoms with Crippen LogP contribution in [0, 0.1) is 13.8 Å². The van der Waals surface area contributed by atoms with Crippen LogP contribution in [0.3, 0.4) is 0 Å². The quantitative estimate of drug-likeness (QED) is 0.792. The average molecular weight is 267 g/mol. The van der Waals surface area contributed by atoms with E-state index < -0.39 is 0 Å². The van der Waals surface area contributed by atoms with E-state index in [0.717, 1.165) is 28.2 Å². The normalized spacial score (nSPS) is 10.9. The van der Waals surface area contributed by atoms with E-state index in [9.17, 15) is 0 Å². The van der Waals surface area contributed by atoms with Crippen LogP contribution in [0.15, 0.2) is 30.5 Å². The van der Waals surface area contributed by atoms with Crippen LogP contribution in [-0.2, 0) is 13.6 Å². The first-order valence-electron chi connectivity index (χ1n) is 6.60. The second-order valence-corrected chi connectivity index (χ2v) is 4.91.